The van der Waals surface area contributed by atoms with Crippen LogP contribution in [0.25, 0.3) is 0 Å². The lowest BCUT2D eigenvalue weighted by molar-refractivity contribution is -0.139. The molecule has 1 aromatic rings. The highest BCUT2D eigenvalue weighted by atomic mass is 35.5. The Labute approximate surface area is 109 Å². The summed E-state index contributed by atoms with van der Waals surface area (Å²) >= 11 is 5.41. The van der Waals surface area contributed by atoms with E-state index in [-0.39, 0.29) is 12.7 Å². The molecule has 0 spiro atoms. The van der Waals surface area contributed by atoms with Gasteiger partial charge < -0.3 is 4.74 Å². The van der Waals surface area contributed by atoms with E-state index in [2.05, 4.69) is 9.72 Å². The van der Waals surface area contributed by atoms with E-state index in [9.17, 15) is 26.7 Å². The maximum atomic E-state index is 12.6. The summed E-state index contributed by atoms with van der Waals surface area (Å²) in [6.07, 6.45) is -8.55. The van der Waals surface area contributed by atoms with E-state index in [1.807, 2.05) is 0 Å². The third-order valence-electron chi connectivity index (χ3n) is 2.01. The second-order valence-electron chi connectivity index (χ2n) is 3.28. The van der Waals surface area contributed by atoms with Crippen LogP contribution in [0, 0.1) is 0 Å². The van der Waals surface area contributed by atoms with E-state index in [1.54, 1.807) is 0 Å². The highest BCUT2D eigenvalue weighted by Crippen LogP contribution is 2.37. The Morgan fingerprint density at radius 1 is 1.47 bits per heavy atom. The predicted octanol–water partition coefficient (Wildman–Crippen LogP) is 3.87. The van der Waals surface area contributed by atoms with Gasteiger partial charge in [0.1, 0.15) is 10.8 Å². The lowest BCUT2D eigenvalue weighted by atomic mass is 10.1. The second kappa shape index (κ2) is 5.68. The molecule has 0 fully saturated rings. The summed E-state index contributed by atoms with van der Waals surface area (Å²) in [6, 6.07) is 0.217. The SMILES string of the molecule is CCOC(=O)c1cc(C(F)(F)F)c(C(F)F)nc1Cl. The van der Waals surface area contributed by atoms with Crippen molar-refractivity contribution in [3.8, 4) is 0 Å². The van der Waals surface area contributed by atoms with Crippen LogP contribution in [0.2, 0.25) is 5.15 Å². The smallest absolute Gasteiger partial charge is 0.418 e. The summed E-state index contributed by atoms with van der Waals surface area (Å²) in [6.45, 7) is 1.32. The number of hydrogen-bond acceptors (Lipinski definition) is 3. The summed E-state index contributed by atoms with van der Waals surface area (Å²) in [5.41, 5.74) is -3.94. The molecule has 0 saturated heterocycles. The van der Waals surface area contributed by atoms with Crippen LogP contribution in [0.15, 0.2) is 6.07 Å². The van der Waals surface area contributed by atoms with Gasteiger partial charge in [-0.3, -0.25) is 0 Å². The Morgan fingerprint density at radius 3 is 2.47 bits per heavy atom. The molecule has 3 nitrogen and oxygen atoms in total. The van der Waals surface area contributed by atoms with E-state index < -0.39 is 40.5 Å². The number of carbonyl (C=O) groups is 1. The van der Waals surface area contributed by atoms with E-state index in [1.165, 1.54) is 6.92 Å². The number of pyridine rings is 1. The van der Waals surface area contributed by atoms with E-state index in [0.29, 0.717) is 0 Å². The van der Waals surface area contributed by atoms with Crippen molar-refractivity contribution in [2.45, 2.75) is 19.5 Å². The molecule has 0 bridgehead atoms. The first-order valence-corrected chi connectivity index (χ1v) is 5.29. The van der Waals surface area contributed by atoms with Crippen LogP contribution in [-0.4, -0.2) is 17.6 Å². The van der Waals surface area contributed by atoms with Crippen LogP contribution in [0.3, 0.4) is 0 Å². The van der Waals surface area contributed by atoms with Crippen molar-refractivity contribution in [3.63, 3.8) is 0 Å². The molecule has 19 heavy (non-hydrogen) atoms. The van der Waals surface area contributed by atoms with Crippen LogP contribution < -0.4 is 0 Å². The monoisotopic (exact) mass is 303 g/mol. The molecule has 0 saturated carbocycles. The molecule has 0 unspecified atom stereocenters. The van der Waals surface area contributed by atoms with Gasteiger partial charge in [0.25, 0.3) is 6.43 Å². The molecule has 0 N–H and O–H groups in total. The van der Waals surface area contributed by atoms with Crippen molar-refractivity contribution < 1.29 is 31.5 Å². The number of esters is 1. The third-order valence-corrected chi connectivity index (χ3v) is 2.30. The van der Waals surface area contributed by atoms with Crippen molar-refractivity contribution in [2.24, 2.45) is 0 Å². The predicted molar refractivity (Wildman–Crippen MR) is 55.2 cm³/mol. The molecule has 0 aromatic carbocycles. The van der Waals surface area contributed by atoms with Crippen LogP contribution in [0.4, 0.5) is 22.0 Å². The number of carbonyl (C=O) groups excluding carboxylic acids is 1. The summed E-state index contributed by atoms with van der Waals surface area (Å²) in [5.74, 6) is -1.16. The number of halogens is 6. The van der Waals surface area contributed by atoms with Gasteiger partial charge in [-0.2, -0.15) is 13.2 Å². The Hall–Kier alpha value is -1.44. The molecular weight excluding hydrogens is 297 g/mol. The van der Waals surface area contributed by atoms with E-state index in [4.69, 9.17) is 11.6 Å². The molecule has 0 aliphatic carbocycles. The molecule has 106 valence electrons. The minimum atomic E-state index is -5.08. The van der Waals surface area contributed by atoms with Gasteiger partial charge in [0.15, 0.2) is 0 Å². The van der Waals surface area contributed by atoms with Gasteiger partial charge in [-0.05, 0) is 13.0 Å². The van der Waals surface area contributed by atoms with Gasteiger partial charge in [-0.15, -0.1) is 0 Å². The highest BCUT2D eigenvalue weighted by Gasteiger charge is 2.38. The van der Waals surface area contributed by atoms with Crippen molar-refractivity contribution in [3.05, 3.63) is 28.0 Å². The summed E-state index contributed by atoms with van der Waals surface area (Å²) in [7, 11) is 0. The van der Waals surface area contributed by atoms with Crippen LogP contribution in [-0.2, 0) is 10.9 Å². The topological polar surface area (TPSA) is 39.2 Å². The fourth-order valence-electron chi connectivity index (χ4n) is 1.25. The molecule has 0 radical (unpaired) electrons. The highest BCUT2D eigenvalue weighted by molar-refractivity contribution is 6.32. The van der Waals surface area contributed by atoms with Crippen LogP contribution in [0.1, 0.15) is 35.0 Å². The van der Waals surface area contributed by atoms with Gasteiger partial charge in [0.2, 0.25) is 0 Å². The zero-order chi connectivity index (χ0) is 14.8. The molecule has 9 heteroatoms. The van der Waals surface area contributed by atoms with Crippen molar-refractivity contribution in [1.82, 2.24) is 4.98 Å². The first kappa shape index (κ1) is 15.6. The number of aromatic nitrogens is 1. The zero-order valence-electron chi connectivity index (χ0n) is 9.39. The number of rotatable bonds is 3. The van der Waals surface area contributed by atoms with Gasteiger partial charge in [0, 0.05) is 0 Å². The molecule has 0 amide bonds. The minimum Gasteiger partial charge on any atom is -0.462 e. The van der Waals surface area contributed by atoms with Gasteiger partial charge in [0.05, 0.1) is 17.7 Å². The number of ether oxygens (including phenoxy) is 1. The molecular formula is C10H7ClF5NO2. The van der Waals surface area contributed by atoms with Crippen molar-refractivity contribution >= 4 is 17.6 Å². The molecule has 1 rings (SSSR count). The normalized spacial score (nSPS) is 11.8. The fourth-order valence-corrected chi connectivity index (χ4v) is 1.47. The number of nitrogens with zero attached hydrogens (tertiary/aromatic N) is 1. The zero-order valence-corrected chi connectivity index (χ0v) is 10.1. The minimum absolute atomic E-state index is 0.104. The maximum absolute atomic E-state index is 12.6. The average molecular weight is 304 g/mol. The molecule has 1 heterocycles. The van der Waals surface area contributed by atoms with Gasteiger partial charge in [-0.25, -0.2) is 18.6 Å². The Morgan fingerprint density at radius 2 is 2.05 bits per heavy atom. The molecule has 0 atom stereocenters. The molecule has 1 aromatic heterocycles. The largest absolute Gasteiger partial charge is 0.462 e. The van der Waals surface area contributed by atoms with Gasteiger partial charge >= 0.3 is 12.1 Å². The van der Waals surface area contributed by atoms with Gasteiger partial charge in [-0.1, -0.05) is 11.6 Å². The Bertz CT molecular complexity index is 490. The van der Waals surface area contributed by atoms with Crippen molar-refractivity contribution in [2.75, 3.05) is 6.61 Å². The third kappa shape index (κ3) is 3.52. The van der Waals surface area contributed by atoms with Crippen LogP contribution in [0.5, 0.6) is 0 Å². The Kier molecular flexibility index (Phi) is 4.67. The fraction of sp³-hybridized carbons (Fsp3) is 0.400. The average Bonchev–Trinajstić information content (AvgIpc) is 2.26. The lowest BCUT2D eigenvalue weighted by Crippen LogP contribution is -2.15. The summed E-state index contributed by atoms with van der Waals surface area (Å²) in [5, 5.41) is -0.762. The Balaban J connectivity index is 3.43. The quantitative estimate of drug-likeness (QED) is 0.483. The van der Waals surface area contributed by atoms with Crippen LogP contribution >= 0.6 is 11.6 Å². The molecule has 0 aliphatic rings. The number of hydrogen-bond donors (Lipinski definition) is 0. The summed E-state index contributed by atoms with van der Waals surface area (Å²) in [4.78, 5) is 14.3. The standard InChI is InChI=1S/C10H7ClF5NO2/c1-2-19-9(18)4-3-5(10(14,15)16)6(8(12)13)17-7(4)11/h3,8H,2H2,1H3. The summed E-state index contributed by atoms with van der Waals surface area (Å²) < 4.78 is 67.2. The second-order valence-corrected chi connectivity index (χ2v) is 3.64. The lowest BCUT2D eigenvalue weighted by Gasteiger charge is -2.13. The van der Waals surface area contributed by atoms with E-state index in [0.717, 1.165) is 0 Å². The maximum Gasteiger partial charge on any atom is 0.418 e. The molecule has 0 aliphatic heterocycles. The van der Waals surface area contributed by atoms with E-state index >= 15 is 0 Å². The first-order valence-electron chi connectivity index (χ1n) is 4.91. The first-order chi connectivity index (χ1) is 8.68. The van der Waals surface area contributed by atoms with Crippen molar-refractivity contribution in [1.29, 1.82) is 0 Å². The number of alkyl halides is 5.